The van der Waals surface area contributed by atoms with Gasteiger partial charge in [-0.25, -0.2) is 0 Å². The zero-order valence-electron chi connectivity index (χ0n) is 18.1. The van der Waals surface area contributed by atoms with Crippen molar-refractivity contribution in [3.63, 3.8) is 0 Å². The Hall–Kier alpha value is -3.02. The number of Topliss-reactive ketones (excluding diaryl/α,β-unsaturated/α-hetero) is 1. The first-order valence-corrected chi connectivity index (χ1v) is 10.5. The van der Waals surface area contributed by atoms with Crippen LogP contribution in [0.2, 0.25) is 0 Å². The summed E-state index contributed by atoms with van der Waals surface area (Å²) in [6.07, 6.45) is 0.756. The molecule has 0 aliphatic carbocycles. The summed E-state index contributed by atoms with van der Waals surface area (Å²) in [5.41, 5.74) is 2.79. The fourth-order valence-corrected chi connectivity index (χ4v) is 3.46. The van der Waals surface area contributed by atoms with Gasteiger partial charge in [0.25, 0.3) is 0 Å². The highest BCUT2D eigenvalue weighted by Gasteiger charge is 2.25. The van der Waals surface area contributed by atoms with E-state index in [4.69, 9.17) is 18.9 Å². The molecule has 0 unspecified atom stereocenters. The van der Waals surface area contributed by atoms with Crippen LogP contribution in [0.15, 0.2) is 35.3 Å². The van der Waals surface area contributed by atoms with Gasteiger partial charge in [-0.1, -0.05) is 0 Å². The third-order valence-electron chi connectivity index (χ3n) is 4.70. The lowest BCUT2D eigenvalue weighted by Gasteiger charge is -2.20. The molecule has 6 nitrogen and oxygen atoms in total. The molecule has 2 aromatic carbocycles. The number of ketones is 1. The summed E-state index contributed by atoms with van der Waals surface area (Å²) < 4.78 is 22.8. The predicted octanol–water partition coefficient (Wildman–Crippen LogP) is 4.51. The number of rotatable bonds is 10. The maximum Gasteiger partial charge on any atom is 0.211 e. The predicted molar refractivity (Wildman–Crippen MR) is 117 cm³/mol. The average molecular weight is 411 g/mol. The minimum atomic E-state index is -0.147. The molecule has 0 saturated carbocycles. The van der Waals surface area contributed by atoms with E-state index in [1.807, 2.05) is 39.8 Å². The second-order valence-corrected chi connectivity index (χ2v) is 6.66. The summed E-state index contributed by atoms with van der Waals surface area (Å²) in [6, 6.07) is 9.10. The number of carbonyl (C=O) groups excluding carboxylic acids is 1. The van der Waals surface area contributed by atoms with Gasteiger partial charge in [0.15, 0.2) is 23.0 Å². The van der Waals surface area contributed by atoms with E-state index in [0.29, 0.717) is 67.2 Å². The average Bonchev–Trinajstić information content (AvgIpc) is 2.75. The van der Waals surface area contributed by atoms with Crippen molar-refractivity contribution in [3.8, 4) is 23.0 Å². The number of fused-ring (bicyclic) bond motifs is 1. The van der Waals surface area contributed by atoms with Gasteiger partial charge in [-0.15, -0.1) is 0 Å². The smallest absolute Gasteiger partial charge is 0.211 e. The fourth-order valence-electron chi connectivity index (χ4n) is 3.46. The van der Waals surface area contributed by atoms with E-state index in [2.05, 4.69) is 4.99 Å². The molecule has 0 atom stereocenters. The Balaban J connectivity index is 1.99. The fraction of sp³-hybridized carbons (Fsp3) is 0.417. The zero-order chi connectivity index (χ0) is 21.5. The summed E-state index contributed by atoms with van der Waals surface area (Å²) in [7, 11) is 0. The molecule has 0 fully saturated rings. The highest BCUT2D eigenvalue weighted by molar-refractivity contribution is 6.52. The lowest BCUT2D eigenvalue weighted by Crippen LogP contribution is -2.22. The van der Waals surface area contributed by atoms with Gasteiger partial charge in [0.1, 0.15) is 5.71 Å². The van der Waals surface area contributed by atoms with Crippen molar-refractivity contribution < 1.29 is 23.7 Å². The van der Waals surface area contributed by atoms with Crippen LogP contribution in [-0.2, 0) is 6.42 Å². The van der Waals surface area contributed by atoms with E-state index >= 15 is 0 Å². The summed E-state index contributed by atoms with van der Waals surface area (Å²) in [6.45, 7) is 10.3. The molecular formula is C24H29NO5. The van der Waals surface area contributed by atoms with Crippen LogP contribution in [0.3, 0.4) is 0 Å². The lowest BCUT2D eigenvalue weighted by molar-refractivity contribution is 0.106. The number of ether oxygens (including phenoxy) is 4. The quantitative estimate of drug-likeness (QED) is 0.538. The maximum atomic E-state index is 13.4. The zero-order valence-corrected chi connectivity index (χ0v) is 18.1. The molecule has 0 aromatic heterocycles. The molecule has 6 heteroatoms. The molecule has 1 aliphatic rings. The Bertz CT molecular complexity index is 935. The third-order valence-corrected chi connectivity index (χ3v) is 4.70. The number of nitrogens with zero attached hydrogens (tertiary/aromatic N) is 1. The minimum absolute atomic E-state index is 0.147. The normalized spacial score (nSPS) is 12.6. The summed E-state index contributed by atoms with van der Waals surface area (Å²) in [5.74, 6) is 2.37. The Morgan fingerprint density at radius 3 is 2.00 bits per heavy atom. The molecule has 0 radical (unpaired) electrons. The van der Waals surface area contributed by atoms with Gasteiger partial charge in [0, 0.05) is 17.7 Å². The van der Waals surface area contributed by atoms with Crippen molar-refractivity contribution in [3.05, 3.63) is 47.0 Å². The highest BCUT2D eigenvalue weighted by Crippen LogP contribution is 2.34. The van der Waals surface area contributed by atoms with Gasteiger partial charge in [0.05, 0.1) is 26.4 Å². The number of benzene rings is 2. The van der Waals surface area contributed by atoms with Crippen molar-refractivity contribution in [2.75, 3.05) is 33.0 Å². The van der Waals surface area contributed by atoms with Gasteiger partial charge >= 0.3 is 0 Å². The Kier molecular flexibility index (Phi) is 7.33. The van der Waals surface area contributed by atoms with Crippen molar-refractivity contribution in [2.24, 2.45) is 4.99 Å². The molecule has 160 valence electrons. The molecule has 0 N–H and O–H groups in total. The van der Waals surface area contributed by atoms with E-state index in [-0.39, 0.29) is 5.78 Å². The van der Waals surface area contributed by atoms with Crippen LogP contribution < -0.4 is 18.9 Å². The van der Waals surface area contributed by atoms with Crippen LogP contribution in [0.5, 0.6) is 23.0 Å². The summed E-state index contributed by atoms with van der Waals surface area (Å²) >= 11 is 0. The standard InChI is InChI=1S/C24H29NO5/c1-5-27-19-10-9-17(14-20(19)28-6-2)24(26)23-18-15-22(30-8-4)21(29-7-3)13-16(18)11-12-25-23/h9-10,13-15H,5-8,11-12H2,1-4H3. The Labute approximate surface area is 177 Å². The lowest BCUT2D eigenvalue weighted by atomic mass is 9.92. The Morgan fingerprint density at radius 2 is 1.37 bits per heavy atom. The van der Waals surface area contributed by atoms with E-state index < -0.39 is 0 Å². The second kappa shape index (κ2) is 10.1. The Morgan fingerprint density at radius 1 is 0.800 bits per heavy atom. The molecule has 0 amide bonds. The first-order chi connectivity index (χ1) is 14.6. The third kappa shape index (κ3) is 4.58. The minimum Gasteiger partial charge on any atom is -0.490 e. The van der Waals surface area contributed by atoms with Gasteiger partial charge < -0.3 is 18.9 Å². The summed E-state index contributed by atoms with van der Waals surface area (Å²) in [4.78, 5) is 17.9. The van der Waals surface area contributed by atoms with Gasteiger partial charge in [0.2, 0.25) is 5.78 Å². The molecule has 1 aliphatic heterocycles. The van der Waals surface area contributed by atoms with Crippen LogP contribution in [0.25, 0.3) is 0 Å². The van der Waals surface area contributed by atoms with Crippen molar-refractivity contribution >= 4 is 11.5 Å². The molecule has 3 rings (SSSR count). The van der Waals surface area contributed by atoms with Crippen molar-refractivity contribution in [2.45, 2.75) is 34.1 Å². The molecular weight excluding hydrogens is 382 g/mol. The number of aliphatic imine (C=N–C) groups is 1. The number of hydrogen-bond acceptors (Lipinski definition) is 6. The van der Waals surface area contributed by atoms with Crippen LogP contribution in [0.1, 0.15) is 49.2 Å². The molecule has 0 bridgehead atoms. The van der Waals surface area contributed by atoms with Crippen LogP contribution in [0, 0.1) is 0 Å². The second-order valence-electron chi connectivity index (χ2n) is 6.66. The molecule has 0 spiro atoms. The van der Waals surface area contributed by atoms with Crippen molar-refractivity contribution in [1.29, 1.82) is 0 Å². The first kappa shape index (κ1) is 21.7. The van der Waals surface area contributed by atoms with Gasteiger partial charge in [-0.2, -0.15) is 0 Å². The van der Waals surface area contributed by atoms with Gasteiger partial charge in [-0.05, 0) is 70.0 Å². The molecule has 2 aromatic rings. The molecule has 30 heavy (non-hydrogen) atoms. The van der Waals surface area contributed by atoms with E-state index in [0.717, 1.165) is 17.5 Å². The summed E-state index contributed by atoms with van der Waals surface area (Å²) in [5, 5.41) is 0. The van der Waals surface area contributed by atoms with Crippen LogP contribution in [0.4, 0.5) is 0 Å². The topological polar surface area (TPSA) is 66.4 Å². The van der Waals surface area contributed by atoms with E-state index in [1.165, 1.54) is 0 Å². The van der Waals surface area contributed by atoms with Crippen LogP contribution >= 0.6 is 0 Å². The number of hydrogen-bond donors (Lipinski definition) is 0. The highest BCUT2D eigenvalue weighted by atomic mass is 16.5. The first-order valence-electron chi connectivity index (χ1n) is 10.5. The monoisotopic (exact) mass is 411 g/mol. The maximum absolute atomic E-state index is 13.4. The van der Waals surface area contributed by atoms with Crippen LogP contribution in [-0.4, -0.2) is 44.5 Å². The SMILES string of the molecule is CCOc1ccc(C(=O)C2=NCCc3cc(OCC)c(OCC)cc32)cc1OCC. The van der Waals surface area contributed by atoms with E-state index in [9.17, 15) is 4.79 Å². The largest absolute Gasteiger partial charge is 0.490 e. The van der Waals surface area contributed by atoms with Crippen molar-refractivity contribution in [1.82, 2.24) is 0 Å². The van der Waals surface area contributed by atoms with E-state index in [1.54, 1.807) is 18.2 Å². The molecule has 1 heterocycles. The molecule has 0 saturated heterocycles. The van der Waals surface area contributed by atoms with Gasteiger partial charge in [-0.3, -0.25) is 9.79 Å². The number of carbonyl (C=O) groups is 1.